The molecule has 112 valence electrons. The molecule has 7 heteroatoms. The molecule has 3 heterocycles. The van der Waals surface area contributed by atoms with Gasteiger partial charge in [-0.1, -0.05) is 0 Å². The summed E-state index contributed by atoms with van der Waals surface area (Å²) in [5.41, 5.74) is 0.731. The standard InChI is InChI=1S/C14H17N3O3S/c1-8-10-12(15-4-2-9-3-5-20-6-9)16-7-17-13(10)21-11(8)14(18)19/h7,9H,2-6H2,1H3,(H,18,19)(H,15,16,17). The Balaban J connectivity index is 1.79. The Kier molecular flexibility index (Phi) is 4.03. The van der Waals surface area contributed by atoms with Gasteiger partial charge in [0.2, 0.25) is 0 Å². The van der Waals surface area contributed by atoms with Gasteiger partial charge in [-0.25, -0.2) is 14.8 Å². The van der Waals surface area contributed by atoms with E-state index in [1.807, 2.05) is 6.92 Å². The molecule has 0 amide bonds. The largest absolute Gasteiger partial charge is 0.477 e. The maximum absolute atomic E-state index is 11.2. The number of anilines is 1. The highest BCUT2D eigenvalue weighted by Crippen LogP contribution is 2.33. The molecule has 0 bridgehead atoms. The number of rotatable bonds is 5. The van der Waals surface area contributed by atoms with Crippen LogP contribution in [-0.2, 0) is 4.74 Å². The molecule has 6 nitrogen and oxygen atoms in total. The number of carboxylic acids is 1. The highest BCUT2D eigenvalue weighted by Gasteiger charge is 2.19. The van der Waals surface area contributed by atoms with Crippen LogP contribution in [0.3, 0.4) is 0 Å². The normalized spacial score (nSPS) is 18.2. The van der Waals surface area contributed by atoms with Gasteiger partial charge in [0.1, 0.15) is 21.9 Å². The second kappa shape index (κ2) is 5.95. The van der Waals surface area contributed by atoms with Crippen LogP contribution in [0, 0.1) is 12.8 Å². The number of carboxylic acid groups (broad SMARTS) is 1. The Morgan fingerprint density at radius 2 is 2.43 bits per heavy atom. The van der Waals surface area contributed by atoms with Crippen LogP contribution in [0.2, 0.25) is 0 Å². The van der Waals surface area contributed by atoms with Crippen LogP contribution >= 0.6 is 11.3 Å². The van der Waals surface area contributed by atoms with E-state index in [0.29, 0.717) is 15.6 Å². The third-order valence-electron chi connectivity index (χ3n) is 3.79. The Hall–Kier alpha value is -1.73. The van der Waals surface area contributed by atoms with Gasteiger partial charge in [0.05, 0.1) is 5.39 Å². The molecule has 3 rings (SSSR count). The molecule has 1 fully saturated rings. The molecule has 0 spiro atoms. The van der Waals surface area contributed by atoms with Crippen molar-refractivity contribution in [2.24, 2.45) is 5.92 Å². The van der Waals surface area contributed by atoms with Gasteiger partial charge in [-0.15, -0.1) is 11.3 Å². The lowest BCUT2D eigenvalue weighted by Gasteiger charge is -2.10. The summed E-state index contributed by atoms with van der Waals surface area (Å²) in [5, 5.41) is 13.3. The molecule has 0 radical (unpaired) electrons. The maximum atomic E-state index is 11.2. The zero-order valence-corrected chi connectivity index (χ0v) is 12.6. The molecular weight excluding hydrogens is 290 g/mol. The number of nitrogens with zero attached hydrogens (tertiary/aromatic N) is 2. The highest BCUT2D eigenvalue weighted by atomic mass is 32.1. The lowest BCUT2D eigenvalue weighted by Crippen LogP contribution is -2.10. The molecule has 2 aromatic rings. The summed E-state index contributed by atoms with van der Waals surface area (Å²) in [6.07, 6.45) is 3.62. The Labute approximate surface area is 126 Å². The lowest BCUT2D eigenvalue weighted by molar-refractivity contribution is 0.0701. The number of carbonyl (C=O) groups is 1. The molecular formula is C14H17N3O3S. The highest BCUT2D eigenvalue weighted by molar-refractivity contribution is 7.20. The first kappa shape index (κ1) is 14.2. The maximum Gasteiger partial charge on any atom is 0.346 e. The van der Waals surface area contributed by atoms with Crippen LogP contribution < -0.4 is 5.32 Å². The number of hydrogen-bond acceptors (Lipinski definition) is 6. The third-order valence-corrected chi connectivity index (χ3v) is 4.98. The quantitative estimate of drug-likeness (QED) is 0.883. The van der Waals surface area contributed by atoms with Crippen molar-refractivity contribution < 1.29 is 14.6 Å². The van der Waals surface area contributed by atoms with E-state index in [2.05, 4.69) is 15.3 Å². The van der Waals surface area contributed by atoms with Gasteiger partial charge in [-0.2, -0.15) is 0 Å². The van der Waals surface area contributed by atoms with Crippen molar-refractivity contribution in [2.45, 2.75) is 19.8 Å². The van der Waals surface area contributed by atoms with E-state index < -0.39 is 5.97 Å². The van der Waals surface area contributed by atoms with Crippen LogP contribution in [-0.4, -0.2) is 40.8 Å². The monoisotopic (exact) mass is 307 g/mol. The summed E-state index contributed by atoms with van der Waals surface area (Å²) in [4.78, 5) is 20.7. The van der Waals surface area contributed by atoms with Crippen molar-refractivity contribution in [1.82, 2.24) is 9.97 Å². The molecule has 1 atom stereocenters. The smallest absolute Gasteiger partial charge is 0.346 e. The fourth-order valence-corrected chi connectivity index (χ4v) is 3.60. The zero-order chi connectivity index (χ0) is 14.8. The van der Waals surface area contributed by atoms with Crippen LogP contribution in [0.25, 0.3) is 10.2 Å². The van der Waals surface area contributed by atoms with E-state index in [1.54, 1.807) is 0 Å². The fraction of sp³-hybridized carbons (Fsp3) is 0.500. The number of aromatic carboxylic acids is 1. The Bertz CT molecular complexity index is 665. The molecule has 0 saturated carbocycles. The van der Waals surface area contributed by atoms with Gasteiger partial charge in [0, 0.05) is 19.8 Å². The van der Waals surface area contributed by atoms with Crippen molar-refractivity contribution in [2.75, 3.05) is 25.1 Å². The SMILES string of the molecule is Cc1c(C(=O)O)sc2ncnc(NCCC3CCOC3)c12. The van der Waals surface area contributed by atoms with E-state index in [0.717, 1.165) is 49.4 Å². The zero-order valence-electron chi connectivity index (χ0n) is 11.8. The molecule has 21 heavy (non-hydrogen) atoms. The van der Waals surface area contributed by atoms with E-state index in [-0.39, 0.29) is 0 Å². The van der Waals surface area contributed by atoms with E-state index in [4.69, 9.17) is 4.74 Å². The second-order valence-electron chi connectivity index (χ2n) is 5.21. The molecule has 1 saturated heterocycles. The first-order valence-electron chi connectivity index (χ1n) is 6.96. The molecule has 1 aliphatic heterocycles. The van der Waals surface area contributed by atoms with Crippen LogP contribution in [0.4, 0.5) is 5.82 Å². The predicted octanol–water partition coefficient (Wildman–Crippen LogP) is 2.54. The second-order valence-corrected chi connectivity index (χ2v) is 6.21. The van der Waals surface area contributed by atoms with Gasteiger partial charge >= 0.3 is 5.97 Å². The van der Waals surface area contributed by atoms with Crippen LogP contribution in [0.15, 0.2) is 6.33 Å². The molecule has 2 N–H and O–H groups in total. The van der Waals surface area contributed by atoms with Crippen molar-refractivity contribution in [3.63, 3.8) is 0 Å². The average Bonchev–Trinajstić information content (AvgIpc) is 3.07. The summed E-state index contributed by atoms with van der Waals surface area (Å²) in [5.74, 6) is 0.415. The van der Waals surface area contributed by atoms with Crippen molar-refractivity contribution in [3.05, 3.63) is 16.8 Å². The number of fused-ring (bicyclic) bond motifs is 1. The third kappa shape index (κ3) is 2.84. The summed E-state index contributed by atoms with van der Waals surface area (Å²) >= 11 is 1.19. The summed E-state index contributed by atoms with van der Waals surface area (Å²) in [6, 6.07) is 0. The molecule has 2 aromatic heterocycles. The minimum absolute atomic E-state index is 0.331. The van der Waals surface area contributed by atoms with Crippen LogP contribution in [0.1, 0.15) is 28.1 Å². The van der Waals surface area contributed by atoms with Crippen molar-refractivity contribution in [1.29, 1.82) is 0 Å². The Morgan fingerprint density at radius 1 is 1.57 bits per heavy atom. The number of hydrogen-bond donors (Lipinski definition) is 2. The summed E-state index contributed by atoms with van der Waals surface area (Å²) in [7, 11) is 0. The van der Waals surface area contributed by atoms with Gasteiger partial charge in [0.25, 0.3) is 0 Å². The summed E-state index contributed by atoms with van der Waals surface area (Å²) < 4.78 is 5.36. The van der Waals surface area contributed by atoms with E-state index in [9.17, 15) is 9.90 Å². The minimum Gasteiger partial charge on any atom is -0.477 e. The Morgan fingerprint density at radius 3 is 3.14 bits per heavy atom. The van der Waals surface area contributed by atoms with Gasteiger partial charge in [-0.05, 0) is 31.2 Å². The molecule has 1 unspecified atom stereocenters. The van der Waals surface area contributed by atoms with Gasteiger partial charge in [0.15, 0.2) is 0 Å². The number of nitrogens with one attached hydrogen (secondary N) is 1. The van der Waals surface area contributed by atoms with E-state index in [1.165, 1.54) is 17.7 Å². The number of thiophene rings is 1. The number of aryl methyl sites for hydroxylation is 1. The van der Waals surface area contributed by atoms with Gasteiger partial charge in [-0.3, -0.25) is 0 Å². The van der Waals surface area contributed by atoms with Crippen molar-refractivity contribution >= 4 is 33.3 Å². The minimum atomic E-state index is -0.912. The molecule has 1 aliphatic rings. The molecule has 0 aromatic carbocycles. The summed E-state index contributed by atoms with van der Waals surface area (Å²) in [6.45, 7) is 4.30. The molecule has 0 aliphatic carbocycles. The first-order chi connectivity index (χ1) is 10.2. The van der Waals surface area contributed by atoms with E-state index >= 15 is 0 Å². The van der Waals surface area contributed by atoms with Crippen LogP contribution in [0.5, 0.6) is 0 Å². The fourth-order valence-electron chi connectivity index (χ4n) is 2.62. The predicted molar refractivity (Wildman–Crippen MR) is 81.1 cm³/mol. The lowest BCUT2D eigenvalue weighted by atomic mass is 10.1. The first-order valence-corrected chi connectivity index (χ1v) is 7.77. The van der Waals surface area contributed by atoms with Gasteiger partial charge < -0.3 is 15.2 Å². The number of ether oxygens (including phenoxy) is 1. The van der Waals surface area contributed by atoms with Crippen molar-refractivity contribution in [3.8, 4) is 0 Å². The average molecular weight is 307 g/mol. The number of aromatic nitrogens is 2. The topological polar surface area (TPSA) is 84.3 Å².